The van der Waals surface area contributed by atoms with Crippen LogP contribution in [0, 0.1) is 0 Å². The number of aromatic nitrogens is 1. The summed E-state index contributed by atoms with van der Waals surface area (Å²) in [7, 11) is 3.96. The number of carbonyl (C=O) groups is 1. The van der Waals surface area contributed by atoms with Crippen molar-refractivity contribution in [3.63, 3.8) is 0 Å². The smallest absolute Gasteiger partial charge is 0.377 e. The number of carbonyl (C=O) groups excluding carboxylic acids is 1. The molecule has 0 spiro atoms. The second-order valence-electron chi connectivity index (χ2n) is 8.81. The summed E-state index contributed by atoms with van der Waals surface area (Å²) in [6.45, 7) is 0. The molecule has 2 aromatic carbocycles. The number of benzene rings is 2. The molecular weight excluding hydrogens is 443 g/mol. The molecule has 0 saturated heterocycles. The van der Waals surface area contributed by atoms with E-state index in [4.69, 9.17) is 10.7 Å². The van der Waals surface area contributed by atoms with Crippen LogP contribution in [0.2, 0.25) is 0 Å². The summed E-state index contributed by atoms with van der Waals surface area (Å²) < 4.78 is 40.6. The molecule has 1 aliphatic carbocycles. The highest BCUT2D eigenvalue weighted by molar-refractivity contribution is 5.93. The monoisotopic (exact) mass is 471 g/mol. The quantitative estimate of drug-likeness (QED) is 0.506. The van der Waals surface area contributed by atoms with Gasteiger partial charge in [0.2, 0.25) is 0 Å². The second-order valence-corrected chi connectivity index (χ2v) is 8.81. The molecule has 6 nitrogen and oxygen atoms in total. The summed E-state index contributed by atoms with van der Waals surface area (Å²) in [6, 6.07) is 13.8. The van der Waals surface area contributed by atoms with E-state index in [9.17, 15) is 18.0 Å². The van der Waals surface area contributed by atoms with E-state index in [1.54, 1.807) is 0 Å². The van der Waals surface area contributed by atoms with Crippen LogP contribution in [0.3, 0.4) is 0 Å². The largest absolute Gasteiger partial charge is 0.418 e. The minimum absolute atomic E-state index is 0.0903. The van der Waals surface area contributed by atoms with Crippen molar-refractivity contribution in [1.82, 2.24) is 4.98 Å². The molecule has 180 valence electrons. The molecule has 1 fully saturated rings. The van der Waals surface area contributed by atoms with Crippen LogP contribution >= 0.6 is 0 Å². The van der Waals surface area contributed by atoms with Crippen molar-refractivity contribution < 1.29 is 18.0 Å². The SMILES string of the molecule is CN(C)c1cc(NC2CCC(N(C(N)=O)c3ccccc3C(F)(F)F)CC2)nc2ccccc12. The fraction of sp³-hybridized carbons (Fsp3) is 0.360. The number of nitrogens with one attached hydrogen (secondary N) is 1. The number of urea groups is 1. The molecule has 0 atom stereocenters. The van der Waals surface area contributed by atoms with E-state index < -0.39 is 23.8 Å². The summed E-state index contributed by atoms with van der Waals surface area (Å²) in [5.74, 6) is 0.750. The Balaban J connectivity index is 1.51. The lowest BCUT2D eigenvalue weighted by Crippen LogP contribution is -2.47. The summed E-state index contributed by atoms with van der Waals surface area (Å²) in [5, 5.41) is 4.54. The first-order valence-corrected chi connectivity index (χ1v) is 11.2. The van der Waals surface area contributed by atoms with E-state index in [-0.39, 0.29) is 11.7 Å². The van der Waals surface area contributed by atoms with Gasteiger partial charge < -0.3 is 16.0 Å². The van der Waals surface area contributed by atoms with E-state index in [0.29, 0.717) is 25.7 Å². The van der Waals surface area contributed by atoms with Gasteiger partial charge in [-0.2, -0.15) is 13.2 Å². The lowest BCUT2D eigenvalue weighted by molar-refractivity contribution is -0.137. The first-order chi connectivity index (χ1) is 16.1. The van der Waals surface area contributed by atoms with Crippen LogP contribution in [0.5, 0.6) is 0 Å². The summed E-state index contributed by atoms with van der Waals surface area (Å²) in [6.07, 6.45) is -2.17. The van der Waals surface area contributed by atoms with E-state index in [1.807, 2.05) is 49.3 Å². The fourth-order valence-electron chi connectivity index (χ4n) is 4.71. The molecule has 3 aromatic rings. The number of anilines is 3. The third-order valence-electron chi connectivity index (χ3n) is 6.30. The normalized spacial score (nSPS) is 18.5. The van der Waals surface area contributed by atoms with Crippen LogP contribution in [0.4, 0.5) is 35.2 Å². The minimum Gasteiger partial charge on any atom is -0.377 e. The van der Waals surface area contributed by atoms with Gasteiger partial charge in [0.25, 0.3) is 0 Å². The Labute approximate surface area is 196 Å². The topological polar surface area (TPSA) is 74.5 Å². The van der Waals surface area contributed by atoms with E-state index >= 15 is 0 Å². The van der Waals surface area contributed by atoms with Crippen LogP contribution in [-0.4, -0.2) is 37.2 Å². The maximum Gasteiger partial charge on any atom is 0.418 e. The highest BCUT2D eigenvalue weighted by Crippen LogP contribution is 2.39. The van der Waals surface area contributed by atoms with Crippen LogP contribution < -0.4 is 20.9 Å². The lowest BCUT2D eigenvalue weighted by atomic mass is 9.89. The maximum atomic E-state index is 13.5. The Morgan fingerprint density at radius 2 is 1.65 bits per heavy atom. The van der Waals surface area contributed by atoms with Crippen molar-refractivity contribution in [3.8, 4) is 0 Å². The van der Waals surface area contributed by atoms with Gasteiger partial charge in [0.05, 0.1) is 16.8 Å². The molecule has 34 heavy (non-hydrogen) atoms. The van der Waals surface area contributed by atoms with E-state index in [2.05, 4.69) is 5.32 Å². The number of hydrogen-bond donors (Lipinski definition) is 2. The summed E-state index contributed by atoms with van der Waals surface area (Å²) in [4.78, 5) is 20.1. The molecule has 9 heteroatoms. The van der Waals surface area contributed by atoms with Gasteiger partial charge in [-0.3, -0.25) is 4.90 Å². The number of para-hydroxylation sites is 2. The molecule has 0 aliphatic heterocycles. The molecule has 0 radical (unpaired) electrons. The zero-order valence-electron chi connectivity index (χ0n) is 19.1. The van der Waals surface area contributed by atoms with Crippen molar-refractivity contribution in [2.24, 2.45) is 5.73 Å². The fourth-order valence-corrected chi connectivity index (χ4v) is 4.71. The number of nitrogens with two attached hydrogens (primary N) is 1. The first-order valence-electron chi connectivity index (χ1n) is 11.2. The average Bonchev–Trinajstić information content (AvgIpc) is 2.79. The summed E-state index contributed by atoms with van der Waals surface area (Å²) in [5.41, 5.74) is 6.44. The molecule has 0 bridgehead atoms. The standard InChI is InChI=1S/C25H28F3N5O/c1-32(2)22-15-23(31-20-9-5-3-7-18(20)22)30-16-11-13-17(14-12-16)33(24(29)34)21-10-6-4-8-19(21)25(26,27)28/h3-10,15-17H,11-14H2,1-2H3,(H2,29,34)(H,30,31). The van der Waals surface area contributed by atoms with Gasteiger partial charge in [0.15, 0.2) is 0 Å². The Hall–Kier alpha value is -3.49. The highest BCUT2D eigenvalue weighted by Gasteiger charge is 2.38. The highest BCUT2D eigenvalue weighted by atomic mass is 19.4. The van der Waals surface area contributed by atoms with Crippen LogP contribution in [0.1, 0.15) is 31.2 Å². The average molecular weight is 472 g/mol. The van der Waals surface area contributed by atoms with Crippen molar-refractivity contribution in [3.05, 3.63) is 60.2 Å². The number of alkyl halides is 3. The zero-order valence-corrected chi connectivity index (χ0v) is 19.1. The van der Waals surface area contributed by atoms with E-state index in [1.165, 1.54) is 18.2 Å². The number of amides is 2. The van der Waals surface area contributed by atoms with Gasteiger partial charge in [-0.05, 0) is 43.9 Å². The molecule has 3 N–H and O–H groups in total. The van der Waals surface area contributed by atoms with Gasteiger partial charge in [-0.25, -0.2) is 9.78 Å². The third-order valence-corrected chi connectivity index (χ3v) is 6.30. The molecule has 0 unspecified atom stereocenters. The number of halogens is 3. The van der Waals surface area contributed by atoms with Crippen LogP contribution in [-0.2, 0) is 6.18 Å². The van der Waals surface area contributed by atoms with Gasteiger partial charge in [0.1, 0.15) is 5.82 Å². The van der Waals surface area contributed by atoms with Crippen molar-refractivity contribution in [1.29, 1.82) is 0 Å². The molecule has 2 amide bonds. The lowest BCUT2D eigenvalue weighted by Gasteiger charge is -2.37. The molecule has 1 aromatic heterocycles. The van der Waals surface area contributed by atoms with Crippen molar-refractivity contribution >= 4 is 34.1 Å². The van der Waals surface area contributed by atoms with Gasteiger partial charge in [0, 0.05) is 43.3 Å². The Kier molecular flexibility index (Phi) is 6.54. The van der Waals surface area contributed by atoms with Crippen molar-refractivity contribution in [2.75, 3.05) is 29.2 Å². The molecular formula is C25H28F3N5O. The Morgan fingerprint density at radius 1 is 1.00 bits per heavy atom. The van der Waals surface area contributed by atoms with E-state index in [0.717, 1.165) is 33.4 Å². The molecule has 4 rings (SSSR count). The van der Waals surface area contributed by atoms with Gasteiger partial charge in [-0.1, -0.05) is 30.3 Å². The zero-order chi connectivity index (χ0) is 24.5. The third kappa shape index (κ3) is 4.88. The number of primary amides is 1. The molecule has 1 aliphatic rings. The molecule has 1 saturated carbocycles. The van der Waals surface area contributed by atoms with Gasteiger partial charge >= 0.3 is 12.2 Å². The number of nitrogens with zero attached hydrogens (tertiary/aromatic N) is 3. The maximum absolute atomic E-state index is 13.5. The predicted molar refractivity (Wildman–Crippen MR) is 129 cm³/mol. The Morgan fingerprint density at radius 3 is 2.29 bits per heavy atom. The minimum atomic E-state index is -4.57. The predicted octanol–water partition coefficient (Wildman–Crippen LogP) is 5.63. The van der Waals surface area contributed by atoms with Crippen LogP contribution in [0.15, 0.2) is 54.6 Å². The Bertz CT molecular complexity index is 1170. The van der Waals surface area contributed by atoms with Gasteiger partial charge in [-0.15, -0.1) is 0 Å². The summed E-state index contributed by atoms with van der Waals surface area (Å²) >= 11 is 0. The second kappa shape index (κ2) is 9.40. The number of hydrogen-bond acceptors (Lipinski definition) is 4. The van der Waals surface area contributed by atoms with Crippen molar-refractivity contribution in [2.45, 2.75) is 43.9 Å². The number of rotatable bonds is 5. The van der Waals surface area contributed by atoms with Crippen LogP contribution in [0.25, 0.3) is 10.9 Å². The molecule has 1 heterocycles. The number of pyridine rings is 1. The first kappa shape index (κ1) is 23.7. The number of fused-ring (bicyclic) bond motifs is 1.